The molecule has 19 heavy (non-hydrogen) atoms. The molecular formula is C16H21NO2. The summed E-state index contributed by atoms with van der Waals surface area (Å²) in [5.74, 6) is 0.917. The van der Waals surface area contributed by atoms with E-state index >= 15 is 0 Å². The number of hydrogen-bond donors (Lipinski definition) is 0. The summed E-state index contributed by atoms with van der Waals surface area (Å²) in [7, 11) is 0. The van der Waals surface area contributed by atoms with Gasteiger partial charge in [-0.1, -0.05) is 31.5 Å². The maximum absolute atomic E-state index is 9.48. The fourth-order valence-corrected chi connectivity index (χ4v) is 2.33. The van der Waals surface area contributed by atoms with Crippen LogP contribution in [-0.4, -0.2) is 19.8 Å². The van der Waals surface area contributed by atoms with Crippen LogP contribution in [0.25, 0.3) is 0 Å². The average molecular weight is 259 g/mol. The minimum atomic E-state index is -0.430. The molecule has 0 fully saturated rings. The van der Waals surface area contributed by atoms with Gasteiger partial charge in [-0.05, 0) is 30.9 Å². The summed E-state index contributed by atoms with van der Waals surface area (Å²) >= 11 is 0. The van der Waals surface area contributed by atoms with Crippen molar-refractivity contribution in [3.63, 3.8) is 0 Å². The number of rotatable bonds is 6. The molecule has 0 spiro atoms. The standard InChI is InChI=1S/C16H21NO2/c1-2-3-9-18-10-8-16(12-17)11-14-6-4-5-7-15(14)19-13-16/h4-7H,2-3,8-11,13H2,1H3. The van der Waals surface area contributed by atoms with Crippen LogP contribution in [0.15, 0.2) is 24.3 Å². The van der Waals surface area contributed by atoms with E-state index in [-0.39, 0.29) is 0 Å². The third-order valence-electron chi connectivity index (χ3n) is 3.61. The summed E-state index contributed by atoms with van der Waals surface area (Å²) in [6.45, 7) is 4.04. The molecule has 1 aromatic carbocycles. The van der Waals surface area contributed by atoms with Crippen molar-refractivity contribution in [3.05, 3.63) is 29.8 Å². The van der Waals surface area contributed by atoms with E-state index in [1.807, 2.05) is 24.3 Å². The number of fused-ring (bicyclic) bond motifs is 1. The highest BCUT2D eigenvalue weighted by Crippen LogP contribution is 2.36. The lowest BCUT2D eigenvalue weighted by Gasteiger charge is -2.32. The third kappa shape index (κ3) is 3.48. The van der Waals surface area contributed by atoms with Gasteiger partial charge < -0.3 is 9.47 Å². The smallest absolute Gasteiger partial charge is 0.122 e. The molecule has 0 radical (unpaired) electrons. The minimum absolute atomic E-state index is 0.430. The summed E-state index contributed by atoms with van der Waals surface area (Å²) in [4.78, 5) is 0. The van der Waals surface area contributed by atoms with Crippen LogP contribution in [0.2, 0.25) is 0 Å². The van der Waals surface area contributed by atoms with Crippen molar-refractivity contribution >= 4 is 0 Å². The Morgan fingerprint density at radius 2 is 2.21 bits per heavy atom. The molecule has 0 amide bonds. The fraction of sp³-hybridized carbons (Fsp3) is 0.562. The Hall–Kier alpha value is -1.53. The molecule has 1 atom stereocenters. The number of hydrogen-bond acceptors (Lipinski definition) is 3. The first-order chi connectivity index (χ1) is 9.29. The molecule has 1 aromatic rings. The minimum Gasteiger partial charge on any atom is -0.492 e. The van der Waals surface area contributed by atoms with E-state index in [9.17, 15) is 5.26 Å². The Morgan fingerprint density at radius 3 is 3.00 bits per heavy atom. The third-order valence-corrected chi connectivity index (χ3v) is 3.61. The fourth-order valence-electron chi connectivity index (χ4n) is 2.33. The lowest BCUT2D eigenvalue weighted by Crippen LogP contribution is -2.34. The van der Waals surface area contributed by atoms with Crippen LogP contribution in [-0.2, 0) is 11.2 Å². The largest absolute Gasteiger partial charge is 0.492 e. The van der Waals surface area contributed by atoms with Gasteiger partial charge in [0, 0.05) is 13.2 Å². The maximum atomic E-state index is 9.48. The number of benzene rings is 1. The van der Waals surface area contributed by atoms with Gasteiger partial charge in [-0.15, -0.1) is 0 Å². The number of nitrogens with zero attached hydrogens (tertiary/aromatic N) is 1. The molecule has 0 aromatic heterocycles. The summed E-state index contributed by atoms with van der Waals surface area (Å²) in [5, 5.41) is 9.48. The average Bonchev–Trinajstić information content (AvgIpc) is 2.47. The van der Waals surface area contributed by atoms with Crippen molar-refractivity contribution in [1.29, 1.82) is 5.26 Å². The van der Waals surface area contributed by atoms with E-state index in [4.69, 9.17) is 9.47 Å². The van der Waals surface area contributed by atoms with Crippen LogP contribution in [0.3, 0.4) is 0 Å². The van der Waals surface area contributed by atoms with Crippen molar-refractivity contribution in [2.75, 3.05) is 19.8 Å². The Bertz CT molecular complexity index is 452. The van der Waals surface area contributed by atoms with Gasteiger partial charge >= 0.3 is 0 Å². The first-order valence-electron chi connectivity index (χ1n) is 6.99. The van der Waals surface area contributed by atoms with Crippen molar-refractivity contribution in [1.82, 2.24) is 0 Å². The molecule has 2 rings (SSSR count). The molecule has 1 aliphatic heterocycles. The van der Waals surface area contributed by atoms with Gasteiger partial charge in [-0.3, -0.25) is 0 Å². The predicted molar refractivity (Wildman–Crippen MR) is 74.0 cm³/mol. The monoisotopic (exact) mass is 259 g/mol. The molecule has 102 valence electrons. The Balaban J connectivity index is 1.92. The van der Waals surface area contributed by atoms with E-state index < -0.39 is 5.41 Å². The van der Waals surface area contributed by atoms with Gasteiger partial charge in [0.1, 0.15) is 12.4 Å². The van der Waals surface area contributed by atoms with Crippen LogP contribution >= 0.6 is 0 Å². The summed E-state index contributed by atoms with van der Waals surface area (Å²) in [5.41, 5.74) is 0.699. The molecular weight excluding hydrogens is 238 g/mol. The highest BCUT2D eigenvalue weighted by Gasteiger charge is 2.35. The van der Waals surface area contributed by atoms with Crippen LogP contribution in [0.1, 0.15) is 31.7 Å². The lowest BCUT2D eigenvalue weighted by atomic mass is 9.79. The summed E-state index contributed by atoms with van der Waals surface area (Å²) in [6, 6.07) is 10.4. The van der Waals surface area contributed by atoms with E-state index in [2.05, 4.69) is 13.0 Å². The lowest BCUT2D eigenvalue weighted by molar-refractivity contribution is 0.0805. The van der Waals surface area contributed by atoms with Crippen molar-refractivity contribution < 1.29 is 9.47 Å². The number of ether oxygens (including phenoxy) is 2. The molecule has 1 aliphatic rings. The molecule has 1 heterocycles. The maximum Gasteiger partial charge on any atom is 0.122 e. The predicted octanol–water partition coefficient (Wildman–Crippen LogP) is 3.34. The van der Waals surface area contributed by atoms with E-state index in [1.165, 1.54) is 0 Å². The topological polar surface area (TPSA) is 42.2 Å². The second-order valence-corrected chi connectivity index (χ2v) is 5.18. The summed E-state index contributed by atoms with van der Waals surface area (Å²) < 4.78 is 11.3. The van der Waals surface area contributed by atoms with E-state index in [0.717, 1.165) is 43.6 Å². The second kappa shape index (κ2) is 6.58. The Morgan fingerprint density at radius 1 is 1.37 bits per heavy atom. The molecule has 3 nitrogen and oxygen atoms in total. The molecule has 3 heteroatoms. The van der Waals surface area contributed by atoms with Gasteiger partial charge in [0.25, 0.3) is 0 Å². The van der Waals surface area contributed by atoms with Crippen molar-refractivity contribution in [2.45, 2.75) is 32.6 Å². The molecule has 0 N–H and O–H groups in total. The SMILES string of the molecule is CCCCOCCC1(C#N)COc2ccccc2C1. The van der Waals surface area contributed by atoms with Crippen molar-refractivity contribution in [3.8, 4) is 11.8 Å². The van der Waals surface area contributed by atoms with Gasteiger partial charge in [-0.2, -0.15) is 5.26 Å². The van der Waals surface area contributed by atoms with Gasteiger partial charge in [0.05, 0.1) is 11.5 Å². The number of para-hydroxylation sites is 1. The zero-order valence-corrected chi connectivity index (χ0v) is 11.5. The Kier molecular flexibility index (Phi) is 4.81. The summed E-state index contributed by atoms with van der Waals surface area (Å²) in [6.07, 6.45) is 3.72. The van der Waals surface area contributed by atoms with Crippen LogP contribution < -0.4 is 4.74 Å². The van der Waals surface area contributed by atoms with Gasteiger partial charge in [0.15, 0.2) is 0 Å². The quantitative estimate of drug-likeness (QED) is 0.736. The van der Waals surface area contributed by atoms with E-state index in [0.29, 0.717) is 13.2 Å². The van der Waals surface area contributed by atoms with Crippen molar-refractivity contribution in [2.24, 2.45) is 5.41 Å². The zero-order valence-electron chi connectivity index (χ0n) is 11.5. The highest BCUT2D eigenvalue weighted by molar-refractivity contribution is 5.37. The molecule has 0 bridgehead atoms. The van der Waals surface area contributed by atoms with Gasteiger partial charge in [-0.25, -0.2) is 0 Å². The first-order valence-corrected chi connectivity index (χ1v) is 6.99. The van der Waals surface area contributed by atoms with E-state index in [1.54, 1.807) is 0 Å². The molecule has 0 saturated carbocycles. The number of unbranched alkanes of at least 4 members (excludes halogenated alkanes) is 1. The Labute approximate surface area is 115 Å². The molecule has 0 saturated heterocycles. The normalized spacial score (nSPS) is 21.3. The van der Waals surface area contributed by atoms with Gasteiger partial charge in [0.2, 0.25) is 0 Å². The number of nitriles is 1. The second-order valence-electron chi connectivity index (χ2n) is 5.18. The highest BCUT2D eigenvalue weighted by atomic mass is 16.5. The molecule has 0 aliphatic carbocycles. The van der Waals surface area contributed by atoms with Crippen LogP contribution in [0, 0.1) is 16.7 Å². The van der Waals surface area contributed by atoms with Crippen LogP contribution in [0.5, 0.6) is 5.75 Å². The first kappa shape index (κ1) is 13.9. The van der Waals surface area contributed by atoms with Crippen LogP contribution in [0.4, 0.5) is 0 Å². The zero-order chi connectivity index (χ0) is 13.6. The molecule has 1 unspecified atom stereocenters.